The van der Waals surface area contributed by atoms with Crippen LogP contribution < -0.4 is 16.5 Å². The summed E-state index contributed by atoms with van der Waals surface area (Å²) in [7, 11) is -3.73. The van der Waals surface area contributed by atoms with E-state index in [0.717, 1.165) is 36.4 Å². The number of hydrogen-bond donors (Lipinski definition) is 2. The highest BCUT2D eigenvalue weighted by atomic mass is 32.2. The molecule has 2 rings (SSSR count). The lowest BCUT2D eigenvalue weighted by molar-refractivity contribution is -0.145. The van der Waals surface area contributed by atoms with E-state index >= 15 is 0 Å². The van der Waals surface area contributed by atoms with Crippen LogP contribution >= 0.6 is 19.4 Å². The van der Waals surface area contributed by atoms with Crippen LogP contribution in [0.5, 0.6) is 0 Å². The third kappa shape index (κ3) is 10.8. The Morgan fingerprint density at radius 1 is 1.31 bits per heavy atom. The molecule has 224 valence electrons. The molecule has 0 aromatic carbocycles. The summed E-state index contributed by atoms with van der Waals surface area (Å²) >= 11 is 1.34. The second kappa shape index (κ2) is 16.1. The molecular formula is C25H45FN5O6PS. The van der Waals surface area contributed by atoms with Crippen LogP contribution in [0.1, 0.15) is 73.5 Å². The predicted octanol–water partition coefficient (Wildman–Crippen LogP) is 4.39. The average Bonchev–Trinajstić information content (AvgIpc) is 3.33. The van der Waals surface area contributed by atoms with E-state index in [-0.39, 0.29) is 6.61 Å². The van der Waals surface area contributed by atoms with Gasteiger partial charge >= 0.3 is 19.3 Å². The zero-order valence-corrected chi connectivity index (χ0v) is 25.6. The van der Waals surface area contributed by atoms with Gasteiger partial charge in [0.25, 0.3) is 0 Å². The van der Waals surface area contributed by atoms with Crippen molar-refractivity contribution in [3.8, 4) is 0 Å². The van der Waals surface area contributed by atoms with E-state index in [0.29, 0.717) is 37.3 Å². The first-order chi connectivity index (χ1) is 18.4. The first kappa shape index (κ1) is 33.7. The van der Waals surface area contributed by atoms with Crippen LogP contribution in [0.3, 0.4) is 0 Å². The molecule has 1 aliphatic rings. The van der Waals surface area contributed by atoms with Crippen molar-refractivity contribution in [2.75, 3.05) is 37.8 Å². The molecule has 0 radical (unpaired) electrons. The van der Waals surface area contributed by atoms with Crippen LogP contribution in [0, 0.1) is 17.7 Å². The lowest BCUT2D eigenvalue weighted by Gasteiger charge is -2.34. The van der Waals surface area contributed by atoms with Crippen LogP contribution in [0.2, 0.25) is 0 Å². The molecule has 3 N–H and O–H groups in total. The van der Waals surface area contributed by atoms with Gasteiger partial charge in [-0.25, -0.2) is 18.9 Å². The van der Waals surface area contributed by atoms with E-state index in [4.69, 9.17) is 19.7 Å². The van der Waals surface area contributed by atoms with E-state index in [1.54, 1.807) is 11.6 Å². The van der Waals surface area contributed by atoms with Gasteiger partial charge in [-0.3, -0.25) is 13.9 Å². The molecule has 1 aliphatic heterocycles. The lowest BCUT2D eigenvalue weighted by atomic mass is 10.1. The Morgan fingerprint density at radius 3 is 2.54 bits per heavy atom. The number of esters is 1. The quantitative estimate of drug-likeness (QED) is 0.151. The molecule has 0 aliphatic carbocycles. The Hall–Kier alpha value is -1.50. The lowest BCUT2D eigenvalue weighted by Crippen LogP contribution is -2.40. The summed E-state index contributed by atoms with van der Waals surface area (Å²) in [5.41, 5.74) is 4.07. The van der Waals surface area contributed by atoms with Gasteiger partial charge in [0.05, 0.1) is 19.4 Å². The van der Waals surface area contributed by atoms with Crippen molar-refractivity contribution in [3.63, 3.8) is 0 Å². The van der Waals surface area contributed by atoms with Gasteiger partial charge in [-0.15, -0.1) is 11.8 Å². The van der Waals surface area contributed by atoms with Crippen molar-refractivity contribution >= 4 is 31.2 Å². The van der Waals surface area contributed by atoms with Crippen molar-refractivity contribution in [3.05, 3.63) is 22.5 Å². The molecule has 11 nitrogen and oxygen atoms in total. The summed E-state index contributed by atoms with van der Waals surface area (Å²) in [4.78, 5) is 28.3. The molecule has 1 fully saturated rings. The second-order valence-electron chi connectivity index (χ2n) is 10.5. The van der Waals surface area contributed by atoms with Gasteiger partial charge < -0.3 is 19.7 Å². The summed E-state index contributed by atoms with van der Waals surface area (Å²) in [5, 5.41) is 2.95. The summed E-state index contributed by atoms with van der Waals surface area (Å²) < 4.78 is 48.5. The number of carbonyl (C=O) groups is 1. The molecule has 1 saturated heterocycles. The number of carbonyl (C=O) groups excluding carboxylic acids is 1. The summed E-state index contributed by atoms with van der Waals surface area (Å²) in [6, 6.07) is -0.861. The number of ether oxygens (including phenoxy) is 2. The maximum Gasteiger partial charge on any atom is 0.351 e. The molecule has 0 amide bonds. The summed E-state index contributed by atoms with van der Waals surface area (Å²) in [6.45, 7) is 13.2. The van der Waals surface area contributed by atoms with Gasteiger partial charge in [-0.2, -0.15) is 4.98 Å². The first-order valence-electron chi connectivity index (χ1n) is 13.6. The summed E-state index contributed by atoms with van der Waals surface area (Å²) in [6.07, 6.45) is 3.40. The number of halogens is 1. The van der Waals surface area contributed by atoms with E-state index in [1.807, 2.05) is 6.92 Å². The Balaban J connectivity index is 2.19. The van der Waals surface area contributed by atoms with Crippen molar-refractivity contribution < 1.29 is 27.7 Å². The fourth-order valence-corrected chi connectivity index (χ4v) is 6.81. The van der Waals surface area contributed by atoms with Crippen LogP contribution in [-0.4, -0.2) is 63.7 Å². The number of aromatic nitrogens is 2. The molecular weight excluding hydrogens is 548 g/mol. The van der Waals surface area contributed by atoms with Crippen molar-refractivity contribution in [1.82, 2.24) is 19.3 Å². The molecule has 2 heterocycles. The number of nitrogens with one attached hydrogen (secondary N) is 1. The zero-order valence-electron chi connectivity index (χ0n) is 23.9. The molecule has 14 heteroatoms. The Bertz CT molecular complexity index is 1020. The standard InChI is InChI=1S/C25H45FN5O6PS/c1-7-8-13-35-24(32)19(6)29-38(34,30(11-9-17(2)3)12-10-18(4)5)36-15-22-37-21(16-39-22)31-14-20(26)23(27)28-25(31)33/h14,17-19,21-22H,7-13,15-16H2,1-6H3,(H,29,34)(H2,27,28,33)/t19-,21-,22+,38?/m0/s1. The van der Waals surface area contributed by atoms with Gasteiger partial charge in [0.2, 0.25) is 0 Å². The number of nitrogen functional groups attached to an aromatic ring is 1. The average molecular weight is 594 g/mol. The van der Waals surface area contributed by atoms with Crippen LogP contribution in [0.4, 0.5) is 10.2 Å². The number of anilines is 1. The monoisotopic (exact) mass is 593 g/mol. The van der Waals surface area contributed by atoms with Gasteiger partial charge in [-0.05, 0) is 38.0 Å². The molecule has 1 aromatic rings. The van der Waals surface area contributed by atoms with Gasteiger partial charge in [0.15, 0.2) is 11.6 Å². The van der Waals surface area contributed by atoms with E-state index in [9.17, 15) is 18.5 Å². The zero-order chi connectivity index (χ0) is 29.2. The van der Waals surface area contributed by atoms with E-state index in [1.165, 1.54) is 11.8 Å². The molecule has 39 heavy (non-hydrogen) atoms. The third-order valence-electron chi connectivity index (χ3n) is 6.12. The number of rotatable bonds is 17. The minimum Gasteiger partial charge on any atom is -0.465 e. The topological polar surface area (TPSA) is 138 Å². The molecule has 0 spiro atoms. The Labute approximate surface area is 235 Å². The third-order valence-corrected chi connectivity index (χ3v) is 9.57. The number of thioether (sulfide) groups is 1. The Morgan fingerprint density at radius 2 is 1.95 bits per heavy atom. The van der Waals surface area contributed by atoms with E-state index in [2.05, 4.69) is 37.8 Å². The van der Waals surface area contributed by atoms with E-state index < -0.39 is 48.7 Å². The first-order valence-corrected chi connectivity index (χ1v) is 16.2. The summed E-state index contributed by atoms with van der Waals surface area (Å²) in [5.74, 6) is -0.706. The fraction of sp³-hybridized carbons (Fsp3) is 0.800. The molecule has 1 aromatic heterocycles. The van der Waals surface area contributed by atoms with Crippen molar-refractivity contribution in [2.45, 2.75) is 84.9 Å². The Kier molecular flexibility index (Phi) is 13.9. The SMILES string of the molecule is CCCCOC(=O)[C@H](C)NP(=O)(OC[C@@H]1O[C@H](n2cc(F)c(N)nc2=O)CS1)N(CCC(C)C)CCC(C)C. The fourth-order valence-electron chi connectivity index (χ4n) is 3.63. The smallest absolute Gasteiger partial charge is 0.351 e. The number of nitrogens with zero attached hydrogens (tertiary/aromatic N) is 3. The van der Waals surface area contributed by atoms with Gasteiger partial charge in [0.1, 0.15) is 17.7 Å². The van der Waals surface area contributed by atoms with Crippen LogP contribution in [0.15, 0.2) is 11.0 Å². The maximum atomic E-state index is 14.4. The van der Waals surface area contributed by atoms with Gasteiger partial charge in [-0.1, -0.05) is 41.0 Å². The minimum absolute atomic E-state index is 0.0808. The highest BCUT2D eigenvalue weighted by molar-refractivity contribution is 8.00. The molecule has 0 bridgehead atoms. The number of unbranched alkanes of at least 4 members (excludes halogenated alkanes) is 1. The minimum atomic E-state index is -3.73. The largest absolute Gasteiger partial charge is 0.465 e. The van der Waals surface area contributed by atoms with Gasteiger partial charge in [0, 0.05) is 18.8 Å². The van der Waals surface area contributed by atoms with Crippen LogP contribution in [0.25, 0.3) is 0 Å². The highest BCUT2D eigenvalue weighted by Crippen LogP contribution is 2.49. The van der Waals surface area contributed by atoms with Crippen molar-refractivity contribution in [2.24, 2.45) is 11.8 Å². The van der Waals surface area contributed by atoms with Crippen molar-refractivity contribution in [1.29, 1.82) is 0 Å². The number of nitrogens with two attached hydrogens (primary N) is 1. The maximum absolute atomic E-state index is 14.4. The van der Waals surface area contributed by atoms with Crippen LogP contribution in [-0.2, 0) is 23.4 Å². The second-order valence-corrected chi connectivity index (χ2v) is 13.8. The molecule has 0 saturated carbocycles. The molecule has 4 atom stereocenters. The predicted molar refractivity (Wildman–Crippen MR) is 152 cm³/mol. The number of hydrogen-bond acceptors (Lipinski definition) is 9. The highest BCUT2D eigenvalue weighted by Gasteiger charge is 2.38. The normalized spacial score (nSPS) is 20.1. The molecule has 1 unspecified atom stereocenters.